The Morgan fingerprint density at radius 2 is 2.25 bits per heavy atom. The van der Waals surface area contributed by atoms with Crippen LogP contribution in [0, 0.1) is 12.8 Å². The van der Waals surface area contributed by atoms with Gasteiger partial charge in [-0.25, -0.2) is 4.98 Å². The molecule has 1 atom stereocenters. The fraction of sp³-hybridized carbons (Fsp3) is 0.643. The first-order valence-corrected chi connectivity index (χ1v) is 7.19. The van der Waals surface area contributed by atoms with Gasteiger partial charge in [0.1, 0.15) is 12.1 Å². The summed E-state index contributed by atoms with van der Waals surface area (Å²) in [5.41, 5.74) is 0.984. The maximum Gasteiger partial charge on any atom is 0.254 e. The molecule has 3 heterocycles. The monoisotopic (exact) mass is 275 g/mol. The molecule has 0 saturated carbocycles. The molecule has 0 spiro atoms. The molecule has 1 aliphatic rings. The molecule has 0 amide bonds. The van der Waals surface area contributed by atoms with E-state index in [9.17, 15) is 0 Å². The third-order valence-corrected chi connectivity index (χ3v) is 3.94. The zero-order chi connectivity index (χ0) is 13.9. The largest absolute Gasteiger partial charge is 0.384 e. The number of ether oxygens (including phenoxy) is 1. The van der Waals surface area contributed by atoms with Crippen molar-refractivity contribution < 1.29 is 4.74 Å². The standard InChI is InChI=1S/C14H21N5O/c1-11-8-13(19-14(17-11)15-10-16-19)18-6-3-4-12(5-7-18)9-20-2/h8,10,12H,3-7,9H2,1-2H3. The van der Waals surface area contributed by atoms with Crippen molar-refractivity contribution >= 4 is 11.6 Å². The van der Waals surface area contributed by atoms with Gasteiger partial charge in [-0.05, 0) is 32.1 Å². The molecule has 0 bridgehead atoms. The molecular weight excluding hydrogens is 254 g/mol. The summed E-state index contributed by atoms with van der Waals surface area (Å²) in [5, 5.41) is 4.30. The van der Waals surface area contributed by atoms with Gasteiger partial charge in [-0.15, -0.1) is 0 Å². The third-order valence-electron chi connectivity index (χ3n) is 3.94. The summed E-state index contributed by atoms with van der Waals surface area (Å²) in [5.74, 6) is 2.44. The maximum absolute atomic E-state index is 5.30. The molecule has 0 aromatic carbocycles. The number of nitrogens with zero attached hydrogens (tertiary/aromatic N) is 5. The minimum atomic E-state index is 0.666. The lowest BCUT2D eigenvalue weighted by Gasteiger charge is -2.23. The molecule has 6 heteroatoms. The Hall–Kier alpha value is -1.69. The van der Waals surface area contributed by atoms with Crippen LogP contribution in [0.1, 0.15) is 25.0 Å². The summed E-state index contributed by atoms with van der Waals surface area (Å²) in [7, 11) is 1.79. The highest BCUT2D eigenvalue weighted by atomic mass is 16.5. The van der Waals surface area contributed by atoms with Crippen LogP contribution in [0.3, 0.4) is 0 Å². The molecule has 2 aromatic heterocycles. The molecule has 3 rings (SSSR count). The summed E-state index contributed by atoms with van der Waals surface area (Å²) in [6, 6.07) is 2.10. The quantitative estimate of drug-likeness (QED) is 0.853. The second-order valence-corrected chi connectivity index (χ2v) is 5.47. The predicted octanol–water partition coefficient (Wildman–Crippen LogP) is 1.69. The molecule has 108 valence electrons. The third kappa shape index (κ3) is 2.60. The number of hydrogen-bond acceptors (Lipinski definition) is 5. The smallest absolute Gasteiger partial charge is 0.254 e. The summed E-state index contributed by atoms with van der Waals surface area (Å²) in [4.78, 5) is 11.0. The van der Waals surface area contributed by atoms with E-state index in [1.165, 1.54) is 12.8 Å². The van der Waals surface area contributed by atoms with Gasteiger partial charge in [-0.1, -0.05) is 0 Å². The SMILES string of the molecule is COCC1CCCN(c2cc(C)nc3ncnn23)CC1. The second-order valence-electron chi connectivity index (χ2n) is 5.47. The van der Waals surface area contributed by atoms with Crippen LogP contribution in [0.5, 0.6) is 0 Å². The van der Waals surface area contributed by atoms with Crippen molar-refractivity contribution in [2.75, 3.05) is 31.7 Å². The fourth-order valence-corrected chi connectivity index (χ4v) is 2.93. The first kappa shape index (κ1) is 13.3. The highest BCUT2D eigenvalue weighted by Crippen LogP contribution is 2.23. The molecule has 6 nitrogen and oxygen atoms in total. The van der Waals surface area contributed by atoms with Gasteiger partial charge in [0.05, 0.1) is 0 Å². The average molecular weight is 275 g/mol. The van der Waals surface area contributed by atoms with Crippen molar-refractivity contribution in [3.63, 3.8) is 0 Å². The summed E-state index contributed by atoms with van der Waals surface area (Å²) in [6.45, 7) is 4.96. The Labute approximate surface area is 118 Å². The van der Waals surface area contributed by atoms with Crippen molar-refractivity contribution in [3.8, 4) is 0 Å². The lowest BCUT2D eigenvalue weighted by molar-refractivity contribution is 0.146. The number of methoxy groups -OCH3 is 1. The maximum atomic E-state index is 5.30. The van der Waals surface area contributed by atoms with E-state index in [1.54, 1.807) is 13.4 Å². The van der Waals surface area contributed by atoms with E-state index in [2.05, 4.69) is 26.0 Å². The van der Waals surface area contributed by atoms with Gasteiger partial charge in [0.25, 0.3) is 5.78 Å². The van der Waals surface area contributed by atoms with Crippen LogP contribution in [-0.4, -0.2) is 46.4 Å². The summed E-state index contributed by atoms with van der Waals surface area (Å²) < 4.78 is 7.14. The first-order valence-electron chi connectivity index (χ1n) is 7.19. The molecule has 0 radical (unpaired) electrons. The Bertz CT molecular complexity index is 582. The molecule has 20 heavy (non-hydrogen) atoms. The lowest BCUT2D eigenvalue weighted by Crippen LogP contribution is -2.27. The van der Waals surface area contributed by atoms with Gasteiger partial charge in [-0.3, -0.25) is 0 Å². The number of rotatable bonds is 3. The average Bonchev–Trinajstić information content (AvgIpc) is 2.77. The normalized spacial score (nSPS) is 20.3. The molecule has 1 unspecified atom stereocenters. The fourth-order valence-electron chi connectivity index (χ4n) is 2.93. The molecule has 0 N–H and O–H groups in total. The van der Waals surface area contributed by atoms with E-state index < -0.39 is 0 Å². The minimum absolute atomic E-state index is 0.666. The Kier molecular flexibility index (Phi) is 3.82. The predicted molar refractivity (Wildman–Crippen MR) is 76.9 cm³/mol. The Morgan fingerprint density at radius 1 is 1.35 bits per heavy atom. The van der Waals surface area contributed by atoms with Gasteiger partial charge in [0.2, 0.25) is 0 Å². The van der Waals surface area contributed by atoms with Crippen LogP contribution in [0.2, 0.25) is 0 Å². The van der Waals surface area contributed by atoms with E-state index in [-0.39, 0.29) is 0 Å². The first-order chi connectivity index (χ1) is 9.78. The number of fused-ring (bicyclic) bond motifs is 1. The molecule has 2 aromatic rings. The van der Waals surface area contributed by atoms with Gasteiger partial charge >= 0.3 is 0 Å². The van der Waals surface area contributed by atoms with Crippen molar-refractivity contribution in [3.05, 3.63) is 18.1 Å². The van der Waals surface area contributed by atoms with E-state index >= 15 is 0 Å². The Balaban J connectivity index is 1.85. The molecular formula is C14H21N5O. The van der Waals surface area contributed by atoms with E-state index in [4.69, 9.17) is 4.74 Å². The number of hydrogen-bond donors (Lipinski definition) is 0. The van der Waals surface area contributed by atoms with Crippen LogP contribution >= 0.6 is 0 Å². The van der Waals surface area contributed by atoms with Gasteiger partial charge in [0.15, 0.2) is 0 Å². The van der Waals surface area contributed by atoms with Gasteiger partial charge < -0.3 is 9.64 Å². The summed E-state index contributed by atoms with van der Waals surface area (Å²) >= 11 is 0. The van der Waals surface area contributed by atoms with Gasteiger partial charge in [0, 0.05) is 38.6 Å². The van der Waals surface area contributed by atoms with Crippen LogP contribution in [0.15, 0.2) is 12.4 Å². The van der Waals surface area contributed by atoms with E-state index in [0.717, 1.165) is 37.6 Å². The Morgan fingerprint density at radius 3 is 3.10 bits per heavy atom. The minimum Gasteiger partial charge on any atom is -0.384 e. The molecule has 1 fully saturated rings. The van der Waals surface area contributed by atoms with Crippen molar-refractivity contribution in [1.82, 2.24) is 19.6 Å². The number of aromatic nitrogens is 4. The topological polar surface area (TPSA) is 55.5 Å². The number of aryl methyl sites for hydroxylation is 1. The zero-order valence-electron chi connectivity index (χ0n) is 12.1. The van der Waals surface area contributed by atoms with Crippen molar-refractivity contribution in [2.45, 2.75) is 26.2 Å². The van der Waals surface area contributed by atoms with Crippen molar-refractivity contribution in [2.24, 2.45) is 5.92 Å². The van der Waals surface area contributed by atoms with Crippen molar-refractivity contribution in [1.29, 1.82) is 0 Å². The zero-order valence-corrected chi connectivity index (χ0v) is 12.1. The molecule has 0 aliphatic carbocycles. The highest BCUT2D eigenvalue weighted by molar-refractivity contribution is 5.47. The molecule has 1 aliphatic heterocycles. The van der Waals surface area contributed by atoms with E-state index in [1.807, 2.05) is 11.4 Å². The van der Waals surface area contributed by atoms with E-state index in [0.29, 0.717) is 11.7 Å². The highest BCUT2D eigenvalue weighted by Gasteiger charge is 2.19. The van der Waals surface area contributed by atoms with Crippen LogP contribution in [0.25, 0.3) is 5.78 Å². The lowest BCUT2D eigenvalue weighted by atomic mass is 10.0. The van der Waals surface area contributed by atoms with Crippen LogP contribution in [-0.2, 0) is 4.74 Å². The van der Waals surface area contributed by atoms with Crippen LogP contribution < -0.4 is 4.90 Å². The van der Waals surface area contributed by atoms with Gasteiger partial charge in [-0.2, -0.15) is 14.6 Å². The molecule has 1 saturated heterocycles. The van der Waals surface area contributed by atoms with Crippen LogP contribution in [0.4, 0.5) is 5.82 Å². The summed E-state index contributed by atoms with van der Waals surface area (Å²) in [6.07, 6.45) is 5.14. The second kappa shape index (κ2) is 5.75. The number of anilines is 1.